The summed E-state index contributed by atoms with van der Waals surface area (Å²) in [4.78, 5) is 27.5. The summed E-state index contributed by atoms with van der Waals surface area (Å²) < 4.78 is 6.79. The highest BCUT2D eigenvalue weighted by Crippen LogP contribution is 2.30. The highest BCUT2D eigenvalue weighted by Gasteiger charge is 2.18. The fourth-order valence-electron chi connectivity index (χ4n) is 2.41. The molecule has 1 heterocycles. The van der Waals surface area contributed by atoms with Gasteiger partial charge in [0.25, 0.3) is 0 Å². The number of imidazole rings is 1. The van der Waals surface area contributed by atoms with Crippen molar-refractivity contribution in [3.63, 3.8) is 0 Å². The number of amides is 1. The van der Waals surface area contributed by atoms with Gasteiger partial charge in [0, 0.05) is 25.6 Å². The van der Waals surface area contributed by atoms with E-state index in [1.807, 2.05) is 25.1 Å². The van der Waals surface area contributed by atoms with Crippen LogP contribution in [0.2, 0.25) is 0 Å². The first-order valence-electron chi connectivity index (χ1n) is 8.15. The minimum Gasteiger partial charge on any atom is -0.469 e. The third kappa shape index (κ3) is 5.35. The average molecular weight is 361 g/mol. The van der Waals surface area contributed by atoms with Gasteiger partial charge >= 0.3 is 5.97 Å². The summed E-state index contributed by atoms with van der Waals surface area (Å²) in [5.74, 6) is 1.59. The number of ether oxygens (including phenoxy) is 1. The molecule has 0 aliphatic rings. The zero-order valence-electron chi connectivity index (χ0n) is 14.7. The monoisotopic (exact) mass is 361 g/mol. The van der Waals surface area contributed by atoms with Crippen LogP contribution in [0.5, 0.6) is 0 Å². The van der Waals surface area contributed by atoms with Gasteiger partial charge in [-0.1, -0.05) is 37.3 Å². The van der Waals surface area contributed by atoms with Crippen LogP contribution in [-0.4, -0.2) is 34.3 Å². The summed E-state index contributed by atoms with van der Waals surface area (Å²) in [7, 11) is 1.38. The van der Waals surface area contributed by atoms with Gasteiger partial charge in [-0.3, -0.25) is 9.59 Å². The van der Waals surface area contributed by atoms with Gasteiger partial charge in [-0.2, -0.15) is 0 Å². The second kappa shape index (κ2) is 9.27. The summed E-state index contributed by atoms with van der Waals surface area (Å²) in [6, 6.07) is 10.1. The molecule has 0 saturated carbocycles. The quantitative estimate of drug-likeness (QED) is 0.578. The number of aryl methyl sites for hydroxylation is 1. The molecule has 0 radical (unpaired) electrons. The molecule has 1 aromatic carbocycles. The Hall–Kier alpha value is -2.28. The molecule has 1 amide bonds. The van der Waals surface area contributed by atoms with E-state index < -0.39 is 0 Å². The normalized spacial score (nSPS) is 10.5. The van der Waals surface area contributed by atoms with Crippen LogP contribution in [0.15, 0.2) is 35.4 Å². The molecule has 2 rings (SSSR count). The molecule has 0 unspecified atom stereocenters. The summed E-state index contributed by atoms with van der Waals surface area (Å²) >= 11 is 1.50. The lowest BCUT2D eigenvalue weighted by molar-refractivity contribution is -0.140. The lowest BCUT2D eigenvalue weighted by atomic mass is 10.2. The van der Waals surface area contributed by atoms with Gasteiger partial charge in [0.2, 0.25) is 5.91 Å². The zero-order valence-corrected chi connectivity index (χ0v) is 15.6. The number of benzene rings is 1. The summed E-state index contributed by atoms with van der Waals surface area (Å²) in [5.41, 5.74) is 1.15. The fraction of sp³-hybridized carbons (Fsp3) is 0.389. The summed E-state index contributed by atoms with van der Waals surface area (Å²) in [6.07, 6.45) is 1.05. The van der Waals surface area contributed by atoms with E-state index in [-0.39, 0.29) is 11.9 Å². The molecule has 0 aliphatic heterocycles. The molecular weight excluding hydrogens is 338 g/mol. The lowest BCUT2D eigenvalue weighted by Gasteiger charge is -2.12. The van der Waals surface area contributed by atoms with E-state index in [1.165, 1.54) is 25.8 Å². The van der Waals surface area contributed by atoms with E-state index in [1.54, 1.807) is 0 Å². The van der Waals surface area contributed by atoms with Crippen LogP contribution < -0.4 is 5.32 Å². The number of nitrogens with one attached hydrogen (secondary N) is 1. The number of nitrogens with zero attached hydrogens (tertiary/aromatic N) is 2. The summed E-state index contributed by atoms with van der Waals surface area (Å²) in [6.45, 7) is 4.16. The molecule has 0 bridgehead atoms. The van der Waals surface area contributed by atoms with Gasteiger partial charge in [-0.25, -0.2) is 4.98 Å². The third-order valence-corrected chi connectivity index (χ3v) is 4.66. The van der Waals surface area contributed by atoms with Gasteiger partial charge in [-0.15, -0.1) is 11.8 Å². The number of aromatic nitrogens is 2. The van der Waals surface area contributed by atoms with E-state index in [0.29, 0.717) is 24.5 Å². The molecule has 1 N–H and O–H groups in total. The molecule has 0 fully saturated rings. The molecule has 7 heteroatoms. The first-order valence-corrected chi connectivity index (χ1v) is 9.14. The molecule has 0 aliphatic carbocycles. The molecule has 0 saturated heterocycles. The Morgan fingerprint density at radius 1 is 1.28 bits per heavy atom. The van der Waals surface area contributed by atoms with Gasteiger partial charge in [0.1, 0.15) is 10.9 Å². The predicted molar refractivity (Wildman–Crippen MR) is 98.8 cm³/mol. The van der Waals surface area contributed by atoms with E-state index in [9.17, 15) is 9.59 Å². The molecule has 1 aromatic heterocycles. The van der Waals surface area contributed by atoms with Crippen molar-refractivity contribution >= 4 is 29.5 Å². The van der Waals surface area contributed by atoms with Crippen molar-refractivity contribution in [2.75, 3.05) is 18.2 Å². The van der Waals surface area contributed by atoms with Gasteiger partial charge < -0.3 is 14.6 Å². The van der Waals surface area contributed by atoms with Crippen LogP contribution in [0.1, 0.15) is 31.7 Å². The number of carbonyl (C=O) groups is 2. The van der Waals surface area contributed by atoms with Crippen LogP contribution in [0.25, 0.3) is 0 Å². The van der Waals surface area contributed by atoms with E-state index >= 15 is 0 Å². The predicted octanol–water partition coefficient (Wildman–Crippen LogP) is 3.11. The maximum Gasteiger partial charge on any atom is 0.306 e. The number of hydrogen-bond acceptors (Lipinski definition) is 5. The fourth-order valence-corrected chi connectivity index (χ4v) is 3.43. The van der Waals surface area contributed by atoms with Crippen molar-refractivity contribution < 1.29 is 14.3 Å². The van der Waals surface area contributed by atoms with Crippen molar-refractivity contribution in [1.29, 1.82) is 0 Å². The Kier molecular flexibility index (Phi) is 7.06. The van der Waals surface area contributed by atoms with Crippen molar-refractivity contribution in [2.45, 2.75) is 38.3 Å². The van der Waals surface area contributed by atoms with E-state index in [0.717, 1.165) is 22.8 Å². The van der Waals surface area contributed by atoms with Crippen LogP contribution in [0, 0.1) is 0 Å². The Labute approximate surface area is 152 Å². The highest BCUT2D eigenvalue weighted by molar-refractivity contribution is 7.99. The lowest BCUT2D eigenvalue weighted by Crippen LogP contribution is -2.09. The zero-order chi connectivity index (χ0) is 18.2. The van der Waals surface area contributed by atoms with Crippen LogP contribution in [0.3, 0.4) is 0 Å². The summed E-state index contributed by atoms with van der Waals surface area (Å²) in [5, 5.41) is 3.66. The minimum absolute atomic E-state index is 0.165. The number of rotatable bonds is 8. The maximum atomic E-state index is 11.5. The molecule has 0 spiro atoms. The Bertz CT molecular complexity index is 729. The number of hydrogen-bond donors (Lipinski definition) is 1. The Morgan fingerprint density at radius 2 is 2.00 bits per heavy atom. The standard InChI is InChI=1S/C18H23N3O3S/c1-4-15-20-17(19-13(2)22)18(25-11-10-16(23)24-3)21(15)12-14-8-6-5-7-9-14/h5-9H,4,10-12H2,1-3H3,(H,19,22). The second-order valence-corrected chi connectivity index (χ2v) is 6.55. The number of carbonyl (C=O) groups excluding carboxylic acids is 2. The van der Waals surface area contributed by atoms with Gasteiger partial charge in [-0.05, 0) is 5.56 Å². The highest BCUT2D eigenvalue weighted by atomic mass is 32.2. The van der Waals surface area contributed by atoms with Crippen molar-refractivity contribution in [3.05, 3.63) is 41.7 Å². The second-order valence-electron chi connectivity index (χ2n) is 5.46. The first-order chi connectivity index (χ1) is 12.0. The molecular formula is C18H23N3O3S. The third-order valence-electron chi connectivity index (χ3n) is 3.57. The number of thioether (sulfide) groups is 1. The maximum absolute atomic E-state index is 11.5. The topological polar surface area (TPSA) is 73.2 Å². The van der Waals surface area contributed by atoms with Gasteiger partial charge in [0.05, 0.1) is 13.5 Å². The van der Waals surface area contributed by atoms with Crippen molar-refractivity contribution in [2.24, 2.45) is 0 Å². The SMILES string of the molecule is CCc1nc(NC(C)=O)c(SCCC(=O)OC)n1Cc1ccccc1. The van der Waals surface area contributed by atoms with Crippen molar-refractivity contribution in [3.8, 4) is 0 Å². The van der Waals surface area contributed by atoms with Crippen LogP contribution in [-0.2, 0) is 27.3 Å². The van der Waals surface area contributed by atoms with E-state index in [4.69, 9.17) is 4.74 Å². The smallest absolute Gasteiger partial charge is 0.306 e. The van der Waals surface area contributed by atoms with Crippen LogP contribution >= 0.6 is 11.8 Å². The van der Waals surface area contributed by atoms with Gasteiger partial charge in [0.15, 0.2) is 5.82 Å². The minimum atomic E-state index is -0.251. The van der Waals surface area contributed by atoms with Crippen molar-refractivity contribution in [1.82, 2.24) is 9.55 Å². The molecule has 6 nitrogen and oxygen atoms in total. The molecule has 134 valence electrons. The first kappa shape index (κ1) is 19.1. The van der Waals surface area contributed by atoms with Crippen LogP contribution in [0.4, 0.5) is 5.82 Å². The largest absolute Gasteiger partial charge is 0.469 e. The number of esters is 1. The molecule has 25 heavy (non-hydrogen) atoms. The average Bonchev–Trinajstić information content (AvgIpc) is 2.92. The Morgan fingerprint density at radius 3 is 2.60 bits per heavy atom. The van der Waals surface area contributed by atoms with E-state index in [2.05, 4.69) is 27.0 Å². The Balaban J connectivity index is 2.31. The number of methoxy groups -OCH3 is 1. The molecule has 0 atom stereocenters. The number of anilines is 1. The molecule has 2 aromatic rings.